The molecule has 2 aliphatic rings. The van der Waals surface area contributed by atoms with Gasteiger partial charge in [0.15, 0.2) is 0 Å². The molecule has 6 nitrogen and oxygen atoms in total. The Kier molecular flexibility index (Phi) is 5.65. The number of carbonyl (C=O) groups is 3. The number of carbonyl (C=O) groups excluding carboxylic acids is 3. The van der Waals surface area contributed by atoms with Crippen LogP contribution in [0.3, 0.4) is 0 Å². The van der Waals surface area contributed by atoms with Gasteiger partial charge in [0.1, 0.15) is 9.88 Å². The first kappa shape index (κ1) is 18.9. The minimum Gasteiger partial charge on any atom is -0.462 e. The highest BCUT2D eigenvalue weighted by molar-refractivity contribution is 7.18. The summed E-state index contributed by atoms with van der Waals surface area (Å²) in [4.78, 5) is 37.7. The fourth-order valence-corrected chi connectivity index (χ4v) is 5.30. The largest absolute Gasteiger partial charge is 0.462 e. The molecule has 0 saturated heterocycles. The summed E-state index contributed by atoms with van der Waals surface area (Å²) in [6, 6.07) is 0. The van der Waals surface area contributed by atoms with Crippen LogP contribution < -0.4 is 5.32 Å². The summed E-state index contributed by atoms with van der Waals surface area (Å²) in [7, 11) is 0. The zero-order valence-corrected chi connectivity index (χ0v) is 16.2. The van der Waals surface area contributed by atoms with Gasteiger partial charge in [0.05, 0.1) is 18.8 Å². The van der Waals surface area contributed by atoms with Crippen molar-refractivity contribution in [3.63, 3.8) is 0 Å². The molecule has 0 aliphatic heterocycles. The normalized spacial score (nSPS) is 23.7. The molecule has 1 aromatic heterocycles. The van der Waals surface area contributed by atoms with Crippen LogP contribution in [-0.4, -0.2) is 31.1 Å². The highest BCUT2D eigenvalue weighted by Gasteiger charge is 2.43. The SMILES string of the molecule is CCOC(=O)c1sc(NC(=O)C2C[C@@H]3CC[C@H]2C3)c(C(=O)OCC)c1C. The van der Waals surface area contributed by atoms with Gasteiger partial charge in [-0.3, -0.25) is 4.79 Å². The summed E-state index contributed by atoms with van der Waals surface area (Å²) in [5.41, 5.74) is 0.756. The van der Waals surface area contributed by atoms with Crippen LogP contribution >= 0.6 is 11.3 Å². The van der Waals surface area contributed by atoms with E-state index in [9.17, 15) is 14.4 Å². The lowest BCUT2D eigenvalue weighted by atomic mass is 9.88. The Labute approximate surface area is 157 Å². The molecule has 1 aromatic rings. The first-order valence-corrected chi connectivity index (χ1v) is 10.1. The van der Waals surface area contributed by atoms with E-state index in [-0.39, 0.29) is 30.6 Å². The van der Waals surface area contributed by atoms with Crippen LogP contribution in [0.15, 0.2) is 0 Å². The molecule has 2 aliphatic carbocycles. The lowest BCUT2D eigenvalue weighted by Crippen LogP contribution is -2.27. The van der Waals surface area contributed by atoms with Crippen LogP contribution in [-0.2, 0) is 14.3 Å². The third kappa shape index (κ3) is 3.49. The van der Waals surface area contributed by atoms with Crippen molar-refractivity contribution in [1.29, 1.82) is 0 Å². The molecule has 1 N–H and O–H groups in total. The molecule has 7 heteroatoms. The predicted molar refractivity (Wildman–Crippen MR) is 98.5 cm³/mol. The van der Waals surface area contributed by atoms with Crippen molar-refractivity contribution < 1.29 is 23.9 Å². The quantitative estimate of drug-likeness (QED) is 0.761. The summed E-state index contributed by atoms with van der Waals surface area (Å²) < 4.78 is 10.2. The number of thiophene rings is 1. The van der Waals surface area contributed by atoms with Crippen LogP contribution in [0.1, 0.15) is 65.1 Å². The first-order valence-electron chi connectivity index (χ1n) is 9.24. The van der Waals surface area contributed by atoms with Crippen molar-refractivity contribution in [1.82, 2.24) is 0 Å². The third-order valence-corrected chi connectivity index (χ3v) is 6.59. The Morgan fingerprint density at radius 1 is 1.08 bits per heavy atom. The van der Waals surface area contributed by atoms with E-state index in [0.29, 0.717) is 27.3 Å². The molecule has 3 rings (SSSR count). The second-order valence-corrected chi connectivity index (χ2v) is 7.99. The second kappa shape index (κ2) is 7.78. The van der Waals surface area contributed by atoms with Gasteiger partial charge in [0, 0.05) is 5.92 Å². The number of hydrogen-bond donors (Lipinski definition) is 1. The smallest absolute Gasteiger partial charge is 0.348 e. The van der Waals surface area contributed by atoms with Crippen LogP contribution in [0, 0.1) is 24.7 Å². The maximum absolute atomic E-state index is 12.8. The molecule has 2 bridgehead atoms. The van der Waals surface area contributed by atoms with Gasteiger partial charge in [-0.25, -0.2) is 9.59 Å². The Balaban J connectivity index is 1.86. The van der Waals surface area contributed by atoms with Gasteiger partial charge in [-0.1, -0.05) is 6.42 Å². The molecule has 0 radical (unpaired) electrons. The van der Waals surface area contributed by atoms with E-state index in [2.05, 4.69) is 5.32 Å². The van der Waals surface area contributed by atoms with Crippen molar-refractivity contribution in [3.8, 4) is 0 Å². The predicted octanol–water partition coefficient (Wildman–Crippen LogP) is 3.78. The number of rotatable bonds is 6. The number of anilines is 1. The van der Waals surface area contributed by atoms with Crippen LogP contribution in [0.25, 0.3) is 0 Å². The van der Waals surface area contributed by atoms with E-state index < -0.39 is 11.9 Å². The lowest BCUT2D eigenvalue weighted by Gasteiger charge is -2.20. The van der Waals surface area contributed by atoms with Crippen LogP contribution in [0.4, 0.5) is 5.00 Å². The highest BCUT2D eigenvalue weighted by atomic mass is 32.1. The lowest BCUT2D eigenvalue weighted by molar-refractivity contribution is -0.121. The van der Waals surface area contributed by atoms with Gasteiger partial charge < -0.3 is 14.8 Å². The molecular formula is C19H25NO5S. The van der Waals surface area contributed by atoms with Crippen LogP contribution in [0.5, 0.6) is 0 Å². The van der Waals surface area contributed by atoms with Crippen molar-refractivity contribution in [2.75, 3.05) is 18.5 Å². The highest BCUT2D eigenvalue weighted by Crippen LogP contribution is 2.49. The number of fused-ring (bicyclic) bond motifs is 2. The topological polar surface area (TPSA) is 81.7 Å². The molecule has 2 fully saturated rings. The molecule has 3 atom stereocenters. The van der Waals surface area contributed by atoms with E-state index in [1.165, 1.54) is 6.42 Å². The Morgan fingerprint density at radius 3 is 2.35 bits per heavy atom. The average Bonchev–Trinajstić information content (AvgIpc) is 3.29. The van der Waals surface area contributed by atoms with Gasteiger partial charge >= 0.3 is 11.9 Å². The van der Waals surface area contributed by atoms with E-state index in [0.717, 1.165) is 30.6 Å². The third-order valence-electron chi connectivity index (χ3n) is 5.40. The second-order valence-electron chi connectivity index (χ2n) is 6.97. The zero-order valence-electron chi connectivity index (χ0n) is 15.4. The minimum absolute atomic E-state index is 0.00255. The van der Waals surface area contributed by atoms with E-state index in [4.69, 9.17) is 9.47 Å². The zero-order chi connectivity index (χ0) is 18.8. The van der Waals surface area contributed by atoms with Crippen molar-refractivity contribution >= 4 is 34.2 Å². The first-order chi connectivity index (χ1) is 12.5. The van der Waals surface area contributed by atoms with Gasteiger partial charge in [-0.05, 0) is 57.4 Å². The summed E-state index contributed by atoms with van der Waals surface area (Å²) in [5, 5.41) is 3.29. The standard InChI is InChI=1S/C19H25NO5S/c1-4-24-18(22)14-10(3)15(19(23)25-5-2)26-17(14)20-16(21)13-9-11-6-7-12(13)8-11/h11-13H,4-9H2,1-3H3,(H,20,21)/t11-,12+,13?/m1/s1. The fourth-order valence-electron chi connectivity index (χ4n) is 4.21. The molecule has 1 amide bonds. The van der Waals surface area contributed by atoms with Gasteiger partial charge in [0.2, 0.25) is 5.91 Å². The van der Waals surface area contributed by atoms with Gasteiger partial charge in [-0.15, -0.1) is 11.3 Å². The van der Waals surface area contributed by atoms with Gasteiger partial charge in [0.25, 0.3) is 0 Å². The maximum atomic E-state index is 12.8. The Morgan fingerprint density at radius 2 is 1.77 bits per heavy atom. The van der Waals surface area contributed by atoms with E-state index in [1.54, 1.807) is 20.8 Å². The summed E-state index contributed by atoms with van der Waals surface area (Å²) in [6.07, 6.45) is 4.36. The number of nitrogens with one attached hydrogen (secondary N) is 1. The summed E-state index contributed by atoms with van der Waals surface area (Å²) >= 11 is 1.09. The molecule has 0 spiro atoms. The summed E-state index contributed by atoms with van der Waals surface area (Å²) in [5.74, 6) is 0.0229. The van der Waals surface area contributed by atoms with E-state index >= 15 is 0 Å². The minimum atomic E-state index is -0.528. The number of ether oxygens (including phenoxy) is 2. The number of esters is 2. The molecular weight excluding hydrogens is 354 g/mol. The molecule has 2 saturated carbocycles. The van der Waals surface area contributed by atoms with E-state index in [1.807, 2.05) is 0 Å². The number of amides is 1. The van der Waals surface area contributed by atoms with Gasteiger partial charge in [-0.2, -0.15) is 0 Å². The molecule has 26 heavy (non-hydrogen) atoms. The van der Waals surface area contributed by atoms with Crippen molar-refractivity contribution in [2.24, 2.45) is 17.8 Å². The molecule has 142 valence electrons. The average molecular weight is 379 g/mol. The Hall–Kier alpha value is -1.89. The fraction of sp³-hybridized carbons (Fsp3) is 0.632. The molecule has 1 heterocycles. The van der Waals surface area contributed by atoms with Crippen molar-refractivity contribution in [2.45, 2.75) is 46.5 Å². The molecule has 0 aromatic carbocycles. The Bertz CT molecular complexity index is 726. The number of hydrogen-bond acceptors (Lipinski definition) is 6. The summed E-state index contributed by atoms with van der Waals surface area (Å²) in [6.45, 7) is 5.60. The maximum Gasteiger partial charge on any atom is 0.348 e. The monoisotopic (exact) mass is 379 g/mol. The van der Waals surface area contributed by atoms with Crippen LogP contribution in [0.2, 0.25) is 0 Å². The molecule has 1 unspecified atom stereocenters. The van der Waals surface area contributed by atoms with Crippen molar-refractivity contribution in [3.05, 3.63) is 16.0 Å².